The van der Waals surface area contributed by atoms with Crippen LogP contribution in [0.5, 0.6) is 0 Å². The monoisotopic (exact) mass is 371 g/mol. The van der Waals surface area contributed by atoms with Crippen molar-refractivity contribution in [3.05, 3.63) is 71.3 Å². The summed E-state index contributed by atoms with van der Waals surface area (Å²) in [5.41, 5.74) is 2.85. The van der Waals surface area contributed by atoms with E-state index in [1.807, 2.05) is 41.7 Å². The lowest BCUT2D eigenvalue weighted by molar-refractivity contribution is 0.198. The SMILES string of the molecule is Cc1cc2nnc(SCC(O)c3ccc(F)cc3F)n2c2ccccc12. The molecule has 2 aromatic heterocycles. The number of benzene rings is 2. The highest BCUT2D eigenvalue weighted by Gasteiger charge is 2.17. The molecule has 7 heteroatoms. The first-order valence-electron chi connectivity index (χ1n) is 8.04. The zero-order valence-corrected chi connectivity index (χ0v) is 14.7. The summed E-state index contributed by atoms with van der Waals surface area (Å²) in [6.07, 6.45) is -1.08. The number of hydrogen-bond acceptors (Lipinski definition) is 4. The Kier molecular flexibility index (Phi) is 4.34. The van der Waals surface area contributed by atoms with Crippen LogP contribution in [0, 0.1) is 18.6 Å². The fourth-order valence-electron chi connectivity index (χ4n) is 2.98. The predicted molar refractivity (Wildman–Crippen MR) is 97.3 cm³/mol. The average molecular weight is 371 g/mol. The van der Waals surface area contributed by atoms with Crippen molar-refractivity contribution in [1.82, 2.24) is 14.6 Å². The lowest BCUT2D eigenvalue weighted by Gasteiger charge is -2.12. The summed E-state index contributed by atoms with van der Waals surface area (Å²) in [7, 11) is 0. The van der Waals surface area contributed by atoms with Crippen molar-refractivity contribution in [2.24, 2.45) is 0 Å². The van der Waals surface area contributed by atoms with Crippen LogP contribution in [0.25, 0.3) is 16.6 Å². The van der Waals surface area contributed by atoms with Crippen molar-refractivity contribution in [3.63, 3.8) is 0 Å². The molecule has 1 N–H and O–H groups in total. The van der Waals surface area contributed by atoms with Gasteiger partial charge in [0.25, 0.3) is 0 Å². The van der Waals surface area contributed by atoms with E-state index in [2.05, 4.69) is 10.2 Å². The standard InChI is InChI=1S/C19H15F2N3OS/c1-11-8-18-22-23-19(24(18)16-5-3-2-4-13(11)16)26-10-17(25)14-7-6-12(20)9-15(14)21/h2-9,17,25H,10H2,1H3. The molecule has 0 bridgehead atoms. The van der Waals surface area contributed by atoms with Gasteiger partial charge in [0, 0.05) is 22.8 Å². The first kappa shape index (κ1) is 16.9. The third-order valence-electron chi connectivity index (χ3n) is 4.27. The van der Waals surface area contributed by atoms with Crippen LogP contribution in [0.15, 0.2) is 53.7 Å². The summed E-state index contributed by atoms with van der Waals surface area (Å²) < 4.78 is 28.8. The van der Waals surface area contributed by atoms with Gasteiger partial charge in [-0.3, -0.25) is 4.40 Å². The number of fused-ring (bicyclic) bond motifs is 3. The van der Waals surface area contributed by atoms with E-state index in [0.717, 1.165) is 28.6 Å². The topological polar surface area (TPSA) is 50.4 Å². The van der Waals surface area contributed by atoms with Crippen LogP contribution in [0.3, 0.4) is 0 Å². The molecule has 1 atom stereocenters. The van der Waals surface area contributed by atoms with Crippen molar-refractivity contribution >= 4 is 28.3 Å². The highest BCUT2D eigenvalue weighted by molar-refractivity contribution is 7.99. The van der Waals surface area contributed by atoms with E-state index in [1.165, 1.54) is 17.8 Å². The molecule has 132 valence electrons. The van der Waals surface area contributed by atoms with Crippen LogP contribution in [-0.2, 0) is 0 Å². The number of nitrogens with zero attached hydrogens (tertiary/aromatic N) is 3. The minimum atomic E-state index is -1.08. The van der Waals surface area contributed by atoms with E-state index in [9.17, 15) is 13.9 Å². The second-order valence-corrected chi connectivity index (χ2v) is 7.00. The number of hydrogen-bond donors (Lipinski definition) is 1. The molecule has 0 fully saturated rings. The molecule has 1 unspecified atom stereocenters. The number of para-hydroxylation sites is 1. The van der Waals surface area contributed by atoms with Crippen LogP contribution < -0.4 is 0 Å². The molecular formula is C19H15F2N3OS. The molecule has 26 heavy (non-hydrogen) atoms. The molecular weight excluding hydrogens is 356 g/mol. The van der Waals surface area contributed by atoms with Crippen molar-refractivity contribution in [2.45, 2.75) is 18.2 Å². The fraction of sp³-hybridized carbons (Fsp3) is 0.158. The molecule has 4 rings (SSSR count). The Bertz CT molecular complexity index is 1110. The smallest absolute Gasteiger partial charge is 0.196 e. The van der Waals surface area contributed by atoms with Gasteiger partial charge in [-0.15, -0.1) is 10.2 Å². The minimum absolute atomic E-state index is 0.0634. The Morgan fingerprint density at radius 3 is 2.73 bits per heavy atom. The quantitative estimate of drug-likeness (QED) is 0.544. The molecule has 0 amide bonds. The highest BCUT2D eigenvalue weighted by atomic mass is 32.2. The maximum Gasteiger partial charge on any atom is 0.196 e. The van der Waals surface area contributed by atoms with Gasteiger partial charge in [0.05, 0.1) is 11.6 Å². The number of aryl methyl sites for hydroxylation is 1. The van der Waals surface area contributed by atoms with E-state index in [-0.39, 0.29) is 11.3 Å². The normalized spacial score (nSPS) is 12.8. The number of aliphatic hydroxyl groups is 1. The summed E-state index contributed by atoms with van der Waals surface area (Å²) >= 11 is 1.27. The molecule has 0 saturated heterocycles. The minimum Gasteiger partial charge on any atom is -0.387 e. The van der Waals surface area contributed by atoms with E-state index in [0.29, 0.717) is 10.8 Å². The van der Waals surface area contributed by atoms with E-state index >= 15 is 0 Å². The molecule has 0 aliphatic rings. The maximum absolute atomic E-state index is 13.8. The summed E-state index contributed by atoms with van der Waals surface area (Å²) in [6.45, 7) is 2.02. The molecule has 0 saturated carbocycles. The van der Waals surface area contributed by atoms with Gasteiger partial charge in [0.2, 0.25) is 0 Å². The summed E-state index contributed by atoms with van der Waals surface area (Å²) in [4.78, 5) is 0. The number of halogens is 2. The lowest BCUT2D eigenvalue weighted by atomic mass is 10.1. The van der Waals surface area contributed by atoms with E-state index in [4.69, 9.17) is 0 Å². The molecule has 0 spiro atoms. The fourth-order valence-corrected chi connectivity index (χ4v) is 3.89. The maximum atomic E-state index is 13.8. The summed E-state index contributed by atoms with van der Waals surface area (Å²) in [5, 5.41) is 20.4. The number of rotatable bonds is 4. The number of pyridine rings is 1. The van der Waals surface area contributed by atoms with E-state index < -0.39 is 17.7 Å². The van der Waals surface area contributed by atoms with Gasteiger partial charge in [-0.2, -0.15) is 0 Å². The number of aliphatic hydroxyl groups excluding tert-OH is 1. The van der Waals surface area contributed by atoms with Crippen molar-refractivity contribution in [2.75, 3.05) is 5.75 Å². The van der Waals surface area contributed by atoms with Gasteiger partial charge in [-0.05, 0) is 30.7 Å². The second kappa shape index (κ2) is 6.66. The highest BCUT2D eigenvalue weighted by Crippen LogP contribution is 2.29. The largest absolute Gasteiger partial charge is 0.387 e. The Morgan fingerprint density at radius 1 is 1.12 bits per heavy atom. The molecule has 0 aliphatic carbocycles. The third-order valence-corrected chi connectivity index (χ3v) is 5.27. The van der Waals surface area contributed by atoms with Gasteiger partial charge >= 0.3 is 0 Å². The Morgan fingerprint density at radius 2 is 1.92 bits per heavy atom. The van der Waals surface area contributed by atoms with E-state index in [1.54, 1.807) is 0 Å². The Hall–Kier alpha value is -2.51. The van der Waals surface area contributed by atoms with Crippen molar-refractivity contribution < 1.29 is 13.9 Å². The Labute approximate surface area is 152 Å². The van der Waals surface area contributed by atoms with Crippen LogP contribution >= 0.6 is 11.8 Å². The van der Waals surface area contributed by atoms with Gasteiger partial charge in [0.1, 0.15) is 11.6 Å². The zero-order chi connectivity index (χ0) is 18.3. The van der Waals surface area contributed by atoms with Crippen LogP contribution in [-0.4, -0.2) is 25.5 Å². The molecule has 2 aromatic carbocycles. The molecule has 0 radical (unpaired) electrons. The third kappa shape index (κ3) is 2.93. The van der Waals surface area contributed by atoms with Gasteiger partial charge in [-0.1, -0.05) is 36.0 Å². The van der Waals surface area contributed by atoms with Crippen molar-refractivity contribution in [3.8, 4) is 0 Å². The van der Waals surface area contributed by atoms with Gasteiger partial charge < -0.3 is 5.11 Å². The predicted octanol–water partition coefficient (Wildman–Crippen LogP) is 4.29. The molecule has 4 aromatic rings. The summed E-state index contributed by atoms with van der Waals surface area (Å²) in [6, 6.07) is 13.0. The lowest BCUT2D eigenvalue weighted by Crippen LogP contribution is -2.04. The van der Waals surface area contributed by atoms with Crippen LogP contribution in [0.1, 0.15) is 17.2 Å². The summed E-state index contributed by atoms with van der Waals surface area (Å²) in [5.74, 6) is -1.26. The molecule has 0 aliphatic heterocycles. The molecule has 4 nitrogen and oxygen atoms in total. The molecule has 2 heterocycles. The van der Waals surface area contributed by atoms with Gasteiger partial charge in [0.15, 0.2) is 10.8 Å². The first-order chi connectivity index (χ1) is 12.5. The first-order valence-corrected chi connectivity index (χ1v) is 9.02. The number of thioether (sulfide) groups is 1. The zero-order valence-electron chi connectivity index (χ0n) is 13.9. The second-order valence-electron chi connectivity index (χ2n) is 6.01. The van der Waals surface area contributed by atoms with Crippen LogP contribution in [0.2, 0.25) is 0 Å². The number of aromatic nitrogens is 3. The van der Waals surface area contributed by atoms with Gasteiger partial charge in [-0.25, -0.2) is 8.78 Å². The van der Waals surface area contributed by atoms with Crippen molar-refractivity contribution in [1.29, 1.82) is 0 Å². The Balaban J connectivity index is 1.66. The average Bonchev–Trinajstić information content (AvgIpc) is 3.03. The van der Waals surface area contributed by atoms with Crippen LogP contribution in [0.4, 0.5) is 8.78 Å².